The van der Waals surface area contributed by atoms with Gasteiger partial charge in [0.15, 0.2) is 5.78 Å². The summed E-state index contributed by atoms with van der Waals surface area (Å²) in [4.78, 5) is 11.6. The average molecular weight is 299 g/mol. The molecule has 0 aromatic carbocycles. The Bertz CT molecular complexity index is 387. The maximum absolute atomic E-state index is 12.0. The highest BCUT2D eigenvalue weighted by molar-refractivity contribution is 9.10. The molecule has 0 bridgehead atoms. The van der Waals surface area contributed by atoms with Crippen LogP contribution in [0.4, 0.5) is 13.2 Å². The van der Waals surface area contributed by atoms with Crippen LogP contribution in [0.15, 0.2) is 10.7 Å². The number of carbonyl (C=O) groups is 1. The van der Waals surface area contributed by atoms with Crippen molar-refractivity contribution >= 4 is 21.7 Å². The Labute approximate surface area is 98.8 Å². The van der Waals surface area contributed by atoms with Crippen molar-refractivity contribution in [2.75, 3.05) is 0 Å². The van der Waals surface area contributed by atoms with Crippen molar-refractivity contribution in [3.8, 4) is 0 Å². The van der Waals surface area contributed by atoms with Gasteiger partial charge in [0.2, 0.25) is 0 Å². The fraction of sp³-hybridized carbons (Fsp3) is 0.556. The van der Waals surface area contributed by atoms with E-state index in [4.69, 9.17) is 0 Å². The first kappa shape index (κ1) is 13.2. The molecular formula is C9H10BrF3N2O. The van der Waals surface area contributed by atoms with Crippen molar-refractivity contribution in [1.29, 1.82) is 0 Å². The number of halogens is 4. The summed E-state index contributed by atoms with van der Waals surface area (Å²) in [5.41, 5.74) is 0.201. The number of Topliss-reactive ketones (excluding diaryl/α,β-unsaturated/α-hetero) is 1. The number of carbonyl (C=O) groups excluding carboxylic acids is 1. The van der Waals surface area contributed by atoms with Gasteiger partial charge in [-0.15, -0.1) is 0 Å². The number of hydrogen-bond donors (Lipinski definition) is 0. The van der Waals surface area contributed by atoms with E-state index in [1.165, 1.54) is 10.9 Å². The van der Waals surface area contributed by atoms with Crippen molar-refractivity contribution < 1.29 is 18.0 Å². The van der Waals surface area contributed by atoms with Gasteiger partial charge in [-0.2, -0.15) is 18.3 Å². The second-order valence-corrected chi connectivity index (χ2v) is 4.05. The zero-order chi connectivity index (χ0) is 12.3. The SMILES string of the molecule is CCn1ncc(Br)c1C(=O)CCC(F)(F)F. The summed E-state index contributed by atoms with van der Waals surface area (Å²) >= 11 is 3.09. The fourth-order valence-electron chi connectivity index (χ4n) is 1.25. The lowest BCUT2D eigenvalue weighted by Crippen LogP contribution is -2.14. The lowest BCUT2D eigenvalue weighted by atomic mass is 10.1. The normalized spacial score (nSPS) is 11.8. The van der Waals surface area contributed by atoms with Crippen molar-refractivity contribution in [2.45, 2.75) is 32.5 Å². The predicted octanol–water partition coefficient (Wildman–Crippen LogP) is 3.19. The van der Waals surface area contributed by atoms with Crippen LogP contribution in [0.5, 0.6) is 0 Å². The summed E-state index contributed by atoms with van der Waals surface area (Å²) in [6, 6.07) is 0. The summed E-state index contributed by atoms with van der Waals surface area (Å²) < 4.78 is 37.7. The average Bonchev–Trinajstić information content (AvgIpc) is 2.55. The first-order valence-electron chi connectivity index (χ1n) is 4.66. The topological polar surface area (TPSA) is 34.9 Å². The zero-order valence-electron chi connectivity index (χ0n) is 8.51. The monoisotopic (exact) mass is 298 g/mol. The lowest BCUT2D eigenvalue weighted by Gasteiger charge is -2.07. The largest absolute Gasteiger partial charge is 0.389 e. The van der Waals surface area contributed by atoms with Crippen LogP contribution in [0.3, 0.4) is 0 Å². The molecule has 0 aliphatic heterocycles. The van der Waals surface area contributed by atoms with Crippen LogP contribution in [0, 0.1) is 0 Å². The van der Waals surface area contributed by atoms with E-state index in [2.05, 4.69) is 21.0 Å². The summed E-state index contributed by atoms with van der Waals surface area (Å²) in [6.07, 6.45) is -4.55. The van der Waals surface area contributed by atoms with Crippen LogP contribution in [0.1, 0.15) is 30.3 Å². The van der Waals surface area contributed by atoms with Crippen LogP contribution >= 0.6 is 15.9 Å². The summed E-state index contributed by atoms with van der Waals surface area (Å²) in [5.74, 6) is -0.552. The highest BCUT2D eigenvalue weighted by atomic mass is 79.9. The number of nitrogens with zero attached hydrogens (tertiary/aromatic N) is 2. The van der Waals surface area contributed by atoms with Gasteiger partial charge in [-0.3, -0.25) is 9.48 Å². The third-order valence-electron chi connectivity index (χ3n) is 1.99. The number of aryl methyl sites for hydroxylation is 1. The Balaban J connectivity index is 2.76. The molecule has 0 unspecified atom stereocenters. The van der Waals surface area contributed by atoms with Gasteiger partial charge in [0.25, 0.3) is 0 Å². The van der Waals surface area contributed by atoms with Gasteiger partial charge in [0.1, 0.15) is 5.69 Å². The maximum atomic E-state index is 12.0. The smallest absolute Gasteiger partial charge is 0.292 e. The fourth-order valence-corrected chi connectivity index (χ4v) is 1.77. The second kappa shape index (κ2) is 4.99. The number of alkyl halides is 3. The van der Waals surface area contributed by atoms with Crippen molar-refractivity contribution in [1.82, 2.24) is 9.78 Å². The first-order chi connectivity index (χ1) is 7.35. The van der Waals surface area contributed by atoms with Gasteiger partial charge >= 0.3 is 6.18 Å². The highest BCUT2D eigenvalue weighted by Gasteiger charge is 2.29. The third-order valence-corrected chi connectivity index (χ3v) is 2.57. The number of ketones is 1. The molecule has 0 amide bonds. The van der Waals surface area contributed by atoms with Gasteiger partial charge in [-0.25, -0.2) is 0 Å². The van der Waals surface area contributed by atoms with E-state index in [9.17, 15) is 18.0 Å². The molecule has 1 rings (SSSR count). The van der Waals surface area contributed by atoms with E-state index in [0.717, 1.165) is 0 Å². The van der Waals surface area contributed by atoms with Gasteiger partial charge in [-0.05, 0) is 22.9 Å². The molecule has 3 nitrogen and oxygen atoms in total. The van der Waals surface area contributed by atoms with Crippen LogP contribution in [-0.4, -0.2) is 21.7 Å². The molecule has 0 fully saturated rings. The molecule has 7 heteroatoms. The molecule has 0 saturated carbocycles. The molecule has 1 aromatic heterocycles. The zero-order valence-corrected chi connectivity index (χ0v) is 10.1. The first-order valence-corrected chi connectivity index (χ1v) is 5.45. The van der Waals surface area contributed by atoms with Crippen LogP contribution in [-0.2, 0) is 6.54 Å². The molecule has 16 heavy (non-hydrogen) atoms. The van der Waals surface area contributed by atoms with Crippen LogP contribution < -0.4 is 0 Å². The lowest BCUT2D eigenvalue weighted by molar-refractivity contribution is -0.133. The Morgan fingerprint density at radius 1 is 1.56 bits per heavy atom. The third kappa shape index (κ3) is 3.33. The van der Waals surface area contributed by atoms with E-state index in [1.54, 1.807) is 6.92 Å². The molecule has 0 radical (unpaired) electrons. The van der Waals surface area contributed by atoms with Crippen molar-refractivity contribution in [3.63, 3.8) is 0 Å². The minimum atomic E-state index is -4.31. The molecule has 0 spiro atoms. The molecule has 1 heterocycles. The predicted molar refractivity (Wildman–Crippen MR) is 55.2 cm³/mol. The van der Waals surface area contributed by atoms with Gasteiger partial charge in [-0.1, -0.05) is 0 Å². The Morgan fingerprint density at radius 3 is 2.69 bits per heavy atom. The molecule has 0 aliphatic carbocycles. The van der Waals surface area contributed by atoms with Gasteiger partial charge < -0.3 is 0 Å². The van der Waals surface area contributed by atoms with E-state index in [0.29, 0.717) is 11.0 Å². The Morgan fingerprint density at radius 2 is 2.19 bits per heavy atom. The van der Waals surface area contributed by atoms with Crippen LogP contribution in [0.2, 0.25) is 0 Å². The second-order valence-electron chi connectivity index (χ2n) is 3.20. The highest BCUT2D eigenvalue weighted by Crippen LogP contribution is 2.24. The summed E-state index contributed by atoms with van der Waals surface area (Å²) in [7, 11) is 0. The quantitative estimate of drug-likeness (QED) is 0.800. The molecule has 0 saturated heterocycles. The molecule has 0 N–H and O–H groups in total. The molecular weight excluding hydrogens is 289 g/mol. The number of hydrogen-bond acceptors (Lipinski definition) is 2. The van der Waals surface area contributed by atoms with Gasteiger partial charge in [0.05, 0.1) is 17.1 Å². The van der Waals surface area contributed by atoms with Gasteiger partial charge in [0, 0.05) is 13.0 Å². The molecule has 1 aromatic rings. The minimum Gasteiger partial charge on any atom is -0.292 e. The van der Waals surface area contributed by atoms with E-state index in [-0.39, 0.29) is 5.69 Å². The molecule has 0 aliphatic rings. The molecule has 90 valence electrons. The van der Waals surface area contributed by atoms with Crippen molar-refractivity contribution in [2.24, 2.45) is 0 Å². The van der Waals surface area contributed by atoms with E-state index >= 15 is 0 Å². The Hall–Kier alpha value is -0.850. The molecule has 0 atom stereocenters. The number of aromatic nitrogens is 2. The minimum absolute atomic E-state index is 0.201. The maximum Gasteiger partial charge on any atom is 0.389 e. The van der Waals surface area contributed by atoms with E-state index in [1.807, 2.05) is 0 Å². The van der Waals surface area contributed by atoms with Crippen molar-refractivity contribution in [3.05, 3.63) is 16.4 Å². The summed E-state index contributed by atoms with van der Waals surface area (Å²) in [5, 5.41) is 3.87. The van der Waals surface area contributed by atoms with Crippen LogP contribution in [0.25, 0.3) is 0 Å². The number of rotatable bonds is 4. The van der Waals surface area contributed by atoms with E-state index < -0.39 is 24.8 Å². The Kier molecular flexibility index (Phi) is 4.12. The summed E-state index contributed by atoms with van der Waals surface area (Å²) in [6.45, 7) is 2.21. The standard InChI is InChI=1S/C9H10BrF3N2O/c1-2-15-8(6(10)5-14-15)7(16)3-4-9(11,12)13/h5H,2-4H2,1H3.